The number of alkyl halides is 4. The Bertz CT molecular complexity index is 1160. The van der Waals surface area contributed by atoms with Crippen LogP contribution >= 0.6 is 0 Å². The molecule has 1 aromatic carbocycles. The van der Waals surface area contributed by atoms with E-state index in [1.807, 2.05) is 6.07 Å². The minimum atomic E-state index is -4.82. The zero-order chi connectivity index (χ0) is 23.5. The second-order valence-electron chi connectivity index (χ2n) is 6.79. The van der Waals surface area contributed by atoms with Gasteiger partial charge in [0.15, 0.2) is 23.1 Å². The smallest absolute Gasteiger partial charge is 0.411 e. The van der Waals surface area contributed by atoms with Crippen LogP contribution in [0.15, 0.2) is 35.5 Å². The normalized spacial score (nSPS) is 20.3. The average molecular weight is 450 g/mol. The number of nitriles is 1. The van der Waals surface area contributed by atoms with E-state index in [-0.39, 0.29) is 22.6 Å². The Balaban J connectivity index is 2.03. The topological polar surface area (TPSA) is 93.5 Å². The lowest BCUT2D eigenvalue weighted by Gasteiger charge is -2.38. The molecule has 1 aliphatic heterocycles. The Hall–Kier alpha value is -3.86. The third-order valence-electron chi connectivity index (χ3n) is 4.68. The number of hydrogen-bond donors (Lipinski definition) is 1. The number of nitrogens with two attached hydrogens (primary N) is 1. The summed E-state index contributed by atoms with van der Waals surface area (Å²) in [4.78, 5) is 7.17. The molecule has 1 aliphatic rings. The fourth-order valence-electron chi connectivity index (χ4n) is 3.13. The van der Waals surface area contributed by atoms with Crippen LogP contribution in [0.1, 0.15) is 28.8 Å². The number of ether oxygens (including phenoxy) is 2. The van der Waals surface area contributed by atoms with Crippen molar-refractivity contribution in [2.45, 2.75) is 24.2 Å². The zero-order valence-electron chi connectivity index (χ0n) is 16.5. The van der Waals surface area contributed by atoms with Gasteiger partial charge in [-0.15, -0.1) is 0 Å². The summed E-state index contributed by atoms with van der Waals surface area (Å²) in [7, 11) is 1.35. The van der Waals surface area contributed by atoms with E-state index < -0.39 is 48.3 Å². The number of methoxy groups -OCH3 is 1. The molecule has 11 heteroatoms. The lowest BCUT2D eigenvalue weighted by molar-refractivity contribution is -0.167. The van der Waals surface area contributed by atoms with Gasteiger partial charge in [0.2, 0.25) is 0 Å². The molecule has 3 rings (SSSR count). The Morgan fingerprint density at radius 3 is 2.66 bits per heavy atom. The van der Waals surface area contributed by atoms with Gasteiger partial charge in [-0.05, 0) is 24.1 Å². The van der Waals surface area contributed by atoms with Crippen molar-refractivity contribution in [1.29, 1.82) is 5.26 Å². The predicted molar refractivity (Wildman–Crippen MR) is 103 cm³/mol. The van der Waals surface area contributed by atoms with Gasteiger partial charge in [-0.3, -0.25) is 0 Å². The first-order chi connectivity index (χ1) is 15.1. The van der Waals surface area contributed by atoms with Gasteiger partial charge in [-0.2, -0.15) is 18.4 Å². The number of aromatic nitrogens is 1. The molecule has 2 atom stereocenters. The number of amidine groups is 1. The van der Waals surface area contributed by atoms with Crippen molar-refractivity contribution in [2.75, 3.05) is 13.8 Å². The van der Waals surface area contributed by atoms with Gasteiger partial charge in [0.25, 0.3) is 6.02 Å². The first-order valence-electron chi connectivity index (χ1n) is 9.03. The summed E-state index contributed by atoms with van der Waals surface area (Å²) in [5.74, 6) is 4.57. The Kier molecular flexibility index (Phi) is 6.21. The fraction of sp³-hybridized carbons (Fsp3) is 0.286. The second-order valence-corrected chi connectivity index (χ2v) is 6.79. The Morgan fingerprint density at radius 2 is 2.03 bits per heavy atom. The van der Waals surface area contributed by atoms with Gasteiger partial charge in [0, 0.05) is 29.8 Å². The summed E-state index contributed by atoms with van der Waals surface area (Å²) < 4.78 is 78.5. The van der Waals surface area contributed by atoms with E-state index in [9.17, 15) is 22.0 Å². The van der Waals surface area contributed by atoms with E-state index in [1.165, 1.54) is 25.4 Å². The number of aliphatic imine (C=N–C) groups is 1. The number of halogens is 5. The highest BCUT2D eigenvalue weighted by Crippen LogP contribution is 2.41. The SMILES string of the molecule is COc1cc(C#N)cnc1C#Cc1ccc(F)c([C@]2(CF)C[C@@H](C(F)(F)F)N=C(N)O2)c1. The summed E-state index contributed by atoms with van der Waals surface area (Å²) in [6.45, 7) is -1.48. The van der Waals surface area contributed by atoms with Crippen LogP contribution in [0.3, 0.4) is 0 Å². The van der Waals surface area contributed by atoms with Crippen molar-refractivity contribution in [1.82, 2.24) is 4.98 Å². The molecule has 2 N–H and O–H groups in total. The van der Waals surface area contributed by atoms with Gasteiger partial charge in [0.05, 0.1) is 12.7 Å². The number of rotatable bonds is 3. The standard InChI is InChI=1S/C21H15F5N4O2/c1-31-17-7-13(9-27)10-29-16(17)5-3-12-2-4-15(23)14(6-12)20(11-22)8-18(21(24,25)26)30-19(28)32-20/h2,4,6-7,10,18H,8,11H2,1H3,(H2,28,30)/t18-,20+/m0/s1. The molecule has 0 aliphatic carbocycles. The molecule has 2 heterocycles. The molecule has 0 unspecified atom stereocenters. The summed E-state index contributed by atoms with van der Waals surface area (Å²) >= 11 is 0. The van der Waals surface area contributed by atoms with Crippen LogP contribution in [0.4, 0.5) is 22.0 Å². The largest absolute Gasteiger partial charge is 0.494 e. The third kappa shape index (κ3) is 4.57. The molecule has 6 nitrogen and oxygen atoms in total. The van der Waals surface area contributed by atoms with Crippen LogP contribution < -0.4 is 10.5 Å². The summed E-state index contributed by atoms with van der Waals surface area (Å²) in [5, 5.41) is 8.92. The fourth-order valence-corrected chi connectivity index (χ4v) is 3.13. The summed E-state index contributed by atoms with van der Waals surface area (Å²) in [6.07, 6.45) is -4.54. The zero-order valence-corrected chi connectivity index (χ0v) is 16.5. The Morgan fingerprint density at radius 1 is 1.28 bits per heavy atom. The molecule has 0 saturated heterocycles. The van der Waals surface area contributed by atoms with Crippen LogP contribution in [0.2, 0.25) is 0 Å². The molecular formula is C21H15F5N4O2. The lowest BCUT2D eigenvalue weighted by Crippen LogP contribution is -2.48. The highest BCUT2D eigenvalue weighted by molar-refractivity contribution is 5.73. The average Bonchev–Trinajstić information content (AvgIpc) is 2.77. The molecule has 0 spiro atoms. The highest BCUT2D eigenvalue weighted by Gasteiger charge is 2.52. The van der Waals surface area contributed by atoms with Crippen molar-refractivity contribution < 1.29 is 31.4 Å². The maximum Gasteiger partial charge on any atom is 0.411 e. The number of pyridine rings is 1. The van der Waals surface area contributed by atoms with Crippen molar-refractivity contribution in [3.8, 4) is 23.7 Å². The van der Waals surface area contributed by atoms with Crippen LogP contribution in [0, 0.1) is 29.0 Å². The molecule has 0 fully saturated rings. The monoisotopic (exact) mass is 450 g/mol. The minimum Gasteiger partial charge on any atom is -0.494 e. The third-order valence-corrected chi connectivity index (χ3v) is 4.68. The van der Waals surface area contributed by atoms with Crippen LogP contribution in [0.5, 0.6) is 5.75 Å². The summed E-state index contributed by atoms with van der Waals surface area (Å²) in [5.41, 5.74) is 3.12. The second kappa shape index (κ2) is 8.71. The van der Waals surface area contributed by atoms with Crippen LogP contribution in [0.25, 0.3) is 0 Å². The van der Waals surface area contributed by atoms with Crippen molar-refractivity contribution in [3.63, 3.8) is 0 Å². The van der Waals surface area contributed by atoms with Gasteiger partial charge in [-0.1, -0.05) is 5.92 Å². The van der Waals surface area contributed by atoms with E-state index >= 15 is 0 Å². The molecule has 1 aromatic heterocycles. The van der Waals surface area contributed by atoms with Crippen molar-refractivity contribution >= 4 is 6.02 Å². The summed E-state index contributed by atoms with van der Waals surface area (Å²) in [6, 6.07) is 3.36. The number of hydrogen-bond acceptors (Lipinski definition) is 6. The molecule has 0 radical (unpaired) electrons. The molecule has 32 heavy (non-hydrogen) atoms. The van der Waals surface area contributed by atoms with Gasteiger partial charge in [-0.25, -0.2) is 18.8 Å². The van der Waals surface area contributed by atoms with Crippen LogP contribution in [-0.4, -0.2) is 37.0 Å². The van der Waals surface area contributed by atoms with Crippen LogP contribution in [-0.2, 0) is 10.3 Å². The highest BCUT2D eigenvalue weighted by atomic mass is 19.4. The maximum atomic E-state index is 14.6. The first-order valence-corrected chi connectivity index (χ1v) is 9.03. The van der Waals surface area contributed by atoms with E-state index in [2.05, 4.69) is 21.8 Å². The predicted octanol–water partition coefficient (Wildman–Crippen LogP) is 3.33. The van der Waals surface area contributed by atoms with E-state index in [4.69, 9.17) is 20.5 Å². The quantitative estimate of drug-likeness (QED) is 0.572. The van der Waals surface area contributed by atoms with E-state index in [0.717, 1.165) is 12.1 Å². The maximum absolute atomic E-state index is 14.6. The molecule has 0 amide bonds. The Labute approximate surface area is 179 Å². The van der Waals surface area contributed by atoms with Crippen molar-refractivity contribution in [3.05, 3.63) is 58.7 Å². The molecule has 0 bridgehead atoms. The van der Waals surface area contributed by atoms with Crippen molar-refractivity contribution in [2.24, 2.45) is 10.7 Å². The first kappa shape index (κ1) is 22.8. The molecule has 0 saturated carbocycles. The minimum absolute atomic E-state index is 0.149. The van der Waals surface area contributed by atoms with Gasteiger partial charge in [0.1, 0.15) is 18.6 Å². The van der Waals surface area contributed by atoms with E-state index in [0.29, 0.717) is 0 Å². The molecular weight excluding hydrogens is 435 g/mol. The lowest BCUT2D eigenvalue weighted by atomic mass is 9.86. The molecule has 166 valence electrons. The number of nitrogens with zero attached hydrogens (tertiary/aromatic N) is 3. The number of benzene rings is 1. The molecule has 2 aromatic rings. The van der Waals surface area contributed by atoms with Gasteiger partial charge >= 0.3 is 6.18 Å². The van der Waals surface area contributed by atoms with Gasteiger partial charge < -0.3 is 15.2 Å². The van der Waals surface area contributed by atoms with E-state index in [1.54, 1.807) is 0 Å².